The Morgan fingerprint density at radius 3 is 2.19 bits per heavy atom. The number of nitrogens with one attached hydrogen (secondary N) is 3. The fourth-order valence-electron chi connectivity index (χ4n) is 2.75. The van der Waals surface area contributed by atoms with Crippen molar-refractivity contribution in [3.8, 4) is 5.75 Å². The van der Waals surface area contributed by atoms with Gasteiger partial charge in [-0.15, -0.1) is 0 Å². The number of benzene rings is 3. The molecule has 3 aromatic rings. The molecule has 3 aromatic carbocycles. The van der Waals surface area contributed by atoms with Gasteiger partial charge in [0.2, 0.25) is 5.91 Å². The van der Waals surface area contributed by atoms with Crippen LogP contribution in [0.3, 0.4) is 0 Å². The van der Waals surface area contributed by atoms with Crippen molar-refractivity contribution in [3.63, 3.8) is 0 Å². The molecular formula is C25H25N3O3S. The van der Waals surface area contributed by atoms with Crippen molar-refractivity contribution in [1.29, 1.82) is 0 Å². The van der Waals surface area contributed by atoms with Crippen LogP contribution in [0.25, 0.3) is 0 Å². The highest BCUT2D eigenvalue weighted by atomic mass is 32.1. The molecule has 2 amide bonds. The number of rotatable bonds is 7. The molecule has 0 heterocycles. The maximum Gasteiger partial charge on any atom is 0.257 e. The molecule has 0 aromatic heterocycles. The molecule has 164 valence electrons. The molecule has 7 heteroatoms. The van der Waals surface area contributed by atoms with Gasteiger partial charge in [-0.3, -0.25) is 14.9 Å². The summed E-state index contributed by atoms with van der Waals surface area (Å²) in [6.07, 6.45) is 0. The lowest BCUT2D eigenvalue weighted by Gasteiger charge is -2.12. The highest BCUT2D eigenvalue weighted by molar-refractivity contribution is 7.80. The van der Waals surface area contributed by atoms with Crippen LogP contribution in [0.1, 0.15) is 29.8 Å². The van der Waals surface area contributed by atoms with E-state index in [1.54, 1.807) is 42.5 Å². The minimum Gasteiger partial charge on any atom is -0.489 e. The molecule has 0 aliphatic heterocycles. The van der Waals surface area contributed by atoms with Crippen molar-refractivity contribution in [3.05, 3.63) is 90.0 Å². The van der Waals surface area contributed by atoms with E-state index in [0.29, 0.717) is 23.5 Å². The molecule has 0 fully saturated rings. The Hall–Kier alpha value is -3.71. The third-order valence-corrected chi connectivity index (χ3v) is 4.70. The third kappa shape index (κ3) is 6.92. The SMILES string of the molecule is CC(C)C(=O)Nc1ccc(NC(=S)NC(=O)c2cccc(COc3ccccc3)c2)cc1. The molecule has 0 spiro atoms. The van der Waals surface area contributed by atoms with E-state index in [-0.39, 0.29) is 22.8 Å². The Labute approximate surface area is 193 Å². The summed E-state index contributed by atoms with van der Waals surface area (Å²) in [5, 5.41) is 8.65. The van der Waals surface area contributed by atoms with E-state index in [1.165, 1.54) is 0 Å². The fourth-order valence-corrected chi connectivity index (χ4v) is 2.96. The first-order chi connectivity index (χ1) is 15.4. The zero-order valence-electron chi connectivity index (χ0n) is 17.9. The number of ether oxygens (including phenoxy) is 1. The predicted octanol–water partition coefficient (Wildman–Crippen LogP) is 4.99. The standard InChI is InChI=1S/C25H25N3O3S/c1-17(2)23(29)26-20-11-13-21(14-12-20)27-25(32)28-24(30)19-8-6-7-18(15-19)16-31-22-9-4-3-5-10-22/h3-15,17H,16H2,1-2H3,(H,26,29)(H2,27,28,30,32). The summed E-state index contributed by atoms with van der Waals surface area (Å²) in [5.74, 6) is 0.302. The van der Waals surface area contributed by atoms with E-state index in [4.69, 9.17) is 17.0 Å². The quantitative estimate of drug-likeness (QED) is 0.445. The highest BCUT2D eigenvalue weighted by Gasteiger charge is 2.10. The largest absolute Gasteiger partial charge is 0.489 e. The maximum absolute atomic E-state index is 12.6. The summed E-state index contributed by atoms with van der Waals surface area (Å²) in [7, 11) is 0. The van der Waals surface area contributed by atoms with Gasteiger partial charge in [-0.2, -0.15) is 0 Å². The van der Waals surface area contributed by atoms with Crippen molar-refractivity contribution >= 4 is 40.5 Å². The van der Waals surface area contributed by atoms with Gasteiger partial charge in [-0.25, -0.2) is 0 Å². The van der Waals surface area contributed by atoms with Crippen molar-refractivity contribution in [1.82, 2.24) is 5.32 Å². The summed E-state index contributed by atoms with van der Waals surface area (Å²) < 4.78 is 5.74. The van der Waals surface area contributed by atoms with E-state index in [0.717, 1.165) is 11.3 Å². The lowest BCUT2D eigenvalue weighted by Crippen LogP contribution is -2.34. The fraction of sp³-hybridized carbons (Fsp3) is 0.160. The first-order valence-electron chi connectivity index (χ1n) is 10.2. The first-order valence-corrected chi connectivity index (χ1v) is 10.6. The second kappa shape index (κ2) is 11.1. The molecule has 0 saturated carbocycles. The Morgan fingerprint density at radius 2 is 1.53 bits per heavy atom. The molecule has 0 aliphatic rings. The van der Waals surface area contributed by atoms with Gasteiger partial charge >= 0.3 is 0 Å². The number of carbonyl (C=O) groups excluding carboxylic acids is 2. The molecule has 0 bridgehead atoms. The molecule has 32 heavy (non-hydrogen) atoms. The molecule has 0 atom stereocenters. The monoisotopic (exact) mass is 447 g/mol. The number of carbonyl (C=O) groups is 2. The summed E-state index contributed by atoms with van der Waals surface area (Å²) >= 11 is 5.26. The smallest absolute Gasteiger partial charge is 0.257 e. The van der Waals surface area contributed by atoms with Crippen LogP contribution in [-0.4, -0.2) is 16.9 Å². The molecule has 0 radical (unpaired) electrons. The molecule has 3 N–H and O–H groups in total. The van der Waals surface area contributed by atoms with Crippen LogP contribution >= 0.6 is 12.2 Å². The molecule has 3 rings (SSSR count). The summed E-state index contributed by atoms with van der Waals surface area (Å²) in [6.45, 7) is 4.02. The number of para-hydroxylation sites is 1. The van der Waals surface area contributed by atoms with E-state index in [2.05, 4.69) is 16.0 Å². The van der Waals surface area contributed by atoms with Crippen molar-refractivity contribution in [2.24, 2.45) is 5.92 Å². The lowest BCUT2D eigenvalue weighted by molar-refractivity contribution is -0.118. The van der Waals surface area contributed by atoms with Gasteiger partial charge in [-0.1, -0.05) is 44.2 Å². The number of thiocarbonyl (C=S) groups is 1. The van der Waals surface area contributed by atoms with Gasteiger partial charge in [0.1, 0.15) is 12.4 Å². The Morgan fingerprint density at radius 1 is 0.875 bits per heavy atom. The van der Waals surface area contributed by atoms with E-state index in [9.17, 15) is 9.59 Å². The minimum atomic E-state index is -0.315. The Bertz CT molecular complexity index is 1080. The second-order valence-electron chi connectivity index (χ2n) is 7.43. The zero-order chi connectivity index (χ0) is 22.9. The number of hydrogen-bond donors (Lipinski definition) is 3. The molecule has 6 nitrogen and oxygen atoms in total. The molecule has 0 aliphatic carbocycles. The molecular weight excluding hydrogens is 422 g/mol. The van der Waals surface area contributed by atoms with Crippen LogP contribution in [0.2, 0.25) is 0 Å². The van der Waals surface area contributed by atoms with E-state index >= 15 is 0 Å². The number of anilines is 2. The van der Waals surface area contributed by atoms with Crippen molar-refractivity contribution in [2.75, 3.05) is 10.6 Å². The van der Waals surface area contributed by atoms with Gasteiger partial charge in [0.15, 0.2) is 5.11 Å². The van der Waals surface area contributed by atoms with Crippen LogP contribution in [0.4, 0.5) is 11.4 Å². The van der Waals surface area contributed by atoms with Gasteiger partial charge < -0.3 is 15.4 Å². The van der Waals surface area contributed by atoms with Gasteiger partial charge in [-0.05, 0) is 66.3 Å². The number of hydrogen-bond acceptors (Lipinski definition) is 4. The minimum absolute atomic E-state index is 0.0510. The number of amides is 2. The van der Waals surface area contributed by atoms with Crippen molar-refractivity contribution in [2.45, 2.75) is 20.5 Å². The van der Waals surface area contributed by atoms with Crippen LogP contribution in [0.15, 0.2) is 78.9 Å². The normalized spacial score (nSPS) is 10.3. The maximum atomic E-state index is 12.6. The lowest BCUT2D eigenvalue weighted by atomic mass is 10.1. The van der Waals surface area contributed by atoms with Crippen LogP contribution in [0.5, 0.6) is 5.75 Å². The second-order valence-corrected chi connectivity index (χ2v) is 7.84. The molecule has 0 unspecified atom stereocenters. The van der Waals surface area contributed by atoms with Gasteiger partial charge in [0.05, 0.1) is 0 Å². The van der Waals surface area contributed by atoms with Crippen LogP contribution in [0, 0.1) is 5.92 Å². The average molecular weight is 448 g/mol. The predicted molar refractivity (Wildman–Crippen MR) is 131 cm³/mol. The summed E-state index contributed by atoms with van der Waals surface area (Å²) in [5.41, 5.74) is 2.75. The molecule has 0 saturated heterocycles. The summed E-state index contributed by atoms with van der Waals surface area (Å²) in [6, 6.07) is 23.8. The van der Waals surface area contributed by atoms with Gasteiger partial charge in [0, 0.05) is 22.9 Å². The van der Waals surface area contributed by atoms with Crippen LogP contribution < -0.4 is 20.7 Å². The Balaban J connectivity index is 1.53. The Kier molecular flexibility index (Phi) is 7.94. The van der Waals surface area contributed by atoms with Gasteiger partial charge in [0.25, 0.3) is 5.91 Å². The summed E-state index contributed by atoms with van der Waals surface area (Å²) in [4.78, 5) is 24.3. The third-order valence-electron chi connectivity index (χ3n) is 4.50. The van der Waals surface area contributed by atoms with E-state index in [1.807, 2.05) is 50.2 Å². The topological polar surface area (TPSA) is 79.5 Å². The average Bonchev–Trinajstić information content (AvgIpc) is 2.79. The van der Waals surface area contributed by atoms with Crippen LogP contribution in [-0.2, 0) is 11.4 Å². The first kappa shape index (κ1) is 23.0. The highest BCUT2D eigenvalue weighted by Crippen LogP contribution is 2.15. The van der Waals surface area contributed by atoms with E-state index < -0.39 is 0 Å². The van der Waals surface area contributed by atoms with Crippen molar-refractivity contribution < 1.29 is 14.3 Å². The zero-order valence-corrected chi connectivity index (χ0v) is 18.7.